The molecular formula is C14H22ClNO. The Balaban J connectivity index is 2.51. The fourth-order valence-electron chi connectivity index (χ4n) is 1.75. The number of methoxy groups -OCH3 is 1. The van der Waals surface area contributed by atoms with Crippen LogP contribution in [0.15, 0.2) is 24.3 Å². The van der Waals surface area contributed by atoms with Crippen LogP contribution in [-0.4, -0.2) is 37.6 Å². The largest absolute Gasteiger partial charge is 0.383 e. The molecule has 0 spiro atoms. The van der Waals surface area contributed by atoms with Gasteiger partial charge in [-0.1, -0.05) is 31.2 Å². The van der Waals surface area contributed by atoms with Crippen molar-refractivity contribution >= 4 is 11.6 Å². The van der Waals surface area contributed by atoms with Crippen molar-refractivity contribution in [1.29, 1.82) is 0 Å². The third-order valence-electron chi connectivity index (χ3n) is 2.85. The van der Waals surface area contributed by atoms with E-state index in [1.165, 1.54) is 11.1 Å². The van der Waals surface area contributed by atoms with E-state index in [0.29, 0.717) is 5.88 Å². The Hall–Kier alpha value is -0.570. The lowest BCUT2D eigenvalue weighted by Gasteiger charge is -2.20. The summed E-state index contributed by atoms with van der Waals surface area (Å²) in [6.07, 6.45) is 1.09. The molecule has 0 aliphatic carbocycles. The molecule has 0 amide bonds. The van der Waals surface area contributed by atoms with Crippen molar-refractivity contribution < 1.29 is 4.74 Å². The second-order valence-corrected chi connectivity index (χ2v) is 4.51. The lowest BCUT2D eigenvalue weighted by Crippen LogP contribution is -2.28. The molecule has 0 aliphatic heterocycles. The van der Waals surface area contributed by atoms with Crippen LogP contribution in [0.2, 0.25) is 0 Å². The molecule has 1 rings (SSSR count). The van der Waals surface area contributed by atoms with Gasteiger partial charge in [-0.2, -0.15) is 0 Å². The number of hydrogen-bond donors (Lipinski definition) is 0. The van der Waals surface area contributed by atoms with E-state index in [1.807, 2.05) is 0 Å². The second-order valence-electron chi connectivity index (χ2n) is 4.13. The van der Waals surface area contributed by atoms with Crippen molar-refractivity contribution in [2.24, 2.45) is 0 Å². The summed E-state index contributed by atoms with van der Waals surface area (Å²) in [7, 11) is 1.73. The van der Waals surface area contributed by atoms with Crippen LogP contribution in [0.3, 0.4) is 0 Å². The molecule has 0 aromatic heterocycles. The zero-order chi connectivity index (χ0) is 12.5. The van der Waals surface area contributed by atoms with Gasteiger partial charge in [0.1, 0.15) is 0 Å². The Morgan fingerprint density at radius 3 is 2.29 bits per heavy atom. The molecule has 0 aliphatic rings. The van der Waals surface area contributed by atoms with Crippen molar-refractivity contribution in [1.82, 2.24) is 4.90 Å². The minimum absolute atomic E-state index is 0.663. The van der Waals surface area contributed by atoms with E-state index in [4.69, 9.17) is 16.3 Å². The molecule has 96 valence electrons. The predicted molar refractivity (Wildman–Crippen MR) is 73.7 cm³/mol. The molecule has 0 saturated heterocycles. The number of benzene rings is 1. The van der Waals surface area contributed by atoms with Gasteiger partial charge in [0, 0.05) is 32.6 Å². The first-order valence-corrected chi connectivity index (χ1v) is 6.68. The molecule has 2 nitrogen and oxygen atoms in total. The zero-order valence-electron chi connectivity index (χ0n) is 10.8. The highest BCUT2D eigenvalue weighted by molar-refractivity contribution is 6.18. The Labute approximate surface area is 110 Å². The van der Waals surface area contributed by atoms with Crippen molar-refractivity contribution in [2.45, 2.75) is 19.9 Å². The fraction of sp³-hybridized carbons (Fsp3) is 0.571. The minimum Gasteiger partial charge on any atom is -0.383 e. The Morgan fingerprint density at radius 2 is 1.76 bits per heavy atom. The molecule has 3 heteroatoms. The molecule has 1 aromatic rings. The monoisotopic (exact) mass is 255 g/mol. The topological polar surface area (TPSA) is 12.5 Å². The summed E-state index contributed by atoms with van der Waals surface area (Å²) in [5.74, 6) is 0.663. The van der Waals surface area contributed by atoms with E-state index in [9.17, 15) is 0 Å². The summed E-state index contributed by atoms with van der Waals surface area (Å²) >= 11 is 5.81. The lowest BCUT2D eigenvalue weighted by atomic mass is 10.1. The Morgan fingerprint density at radius 1 is 1.12 bits per heavy atom. The molecule has 0 bridgehead atoms. The van der Waals surface area contributed by atoms with Crippen LogP contribution in [0.5, 0.6) is 0 Å². The predicted octanol–water partition coefficient (Wildman–Crippen LogP) is 2.94. The average molecular weight is 256 g/mol. The highest BCUT2D eigenvalue weighted by Gasteiger charge is 2.05. The van der Waals surface area contributed by atoms with Crippen LogP contribution in [0.1, 0.15) is 18.1 Å². The molecule has 0 saturated carbocycles. The molecule has 0 N–H and O–H groups in total. The van der Waals surface area contributed by atoms with Crippen LogP contribution in [-0.2, 0) is 17.7 Å². The molecule has 0 atom stereocenters. The summed E-state index contributed by atoms with van der Waals surface area (Å²) in [5, 5.41) is 0. The zero-order valence-corrected chi connectivity index (χ0v) is 11.5. The molecule has 1 aromatic carbocycles. The van der Waals surface area contributed by atoms with E-state index >= 15 is 0 Å². The molecule has 17 heavy (non-hydrogen) atoms. The Kier molecular flexibility index (Phi) is 7.25. The molecule has 0 radical (unpaired) electrons. The smallest absolute Gasteiger partial charge is 0.0589 e. The summed E-state index contributed by atoms with van der Waals surface area (Å²) in [6, 6.07) is 8.80. The van der Waals surface area contributed by atoms with Crippen LogP contribution >= 0.6 is 11.6 Å². The maximum Gasteiger partial charge on any atom is 0.0589 e. The number of halogens is 1. The third-order valence-corrected chi connectivity index (χ3v) is 3.02. The standard InChI is InChI=1S/C14H22ClNO/c1-3-13-4-6-14(7-5-13)12-16(9-8-15)10-11-17-2/h4-7H,3,8-12H2,1-2H3. The van der Waals surface area contributed by atoms with Gasteiger partial charge in [-0.15, -0.1) is 11.6 Å². The fourth-order valence-corrected chi connectivity index (χ4v) is 1.99. The van der Waals surface area contributed by atoms with E-state index in [-0.39, 0.29) is 0 Å². The van der Waals surface area contributed by atoms with Crippen molar-refractivity contribution in [2.75, 3.05) is 32.7 Å². The maximum atomic E-state index is 5.81. The van der Waals surface area contributed by atoms with Gasteiger partial charge in [-0.25, -0.2) is 0 Å². The van der Waals surface area contributed by atoms with Crippen molar-refractivity contribution in [3.8, 4) is 0 Å². The first-order valence-electron chi connectivity index (χ1n) is 6.15. The highest BCUT2D eigenvalue weighted by atomic mass is 35.5. The van der Waals surface area contributed by atoms with Crippen LogP contribution in [0.25, 0.3) is 0 Å². The van der Waals surface area contributed by atoms with Gasteiger partial charge in [-0.05, 0) is 17.5 Å². The lowest BCUT2D eigenvalue weighted by molar-refractivity contribution is 0.148. The van der Waals surface area contributed by atoms with Gasteiger partial charge in [0.05, 0.1) is 6.61 Å². The van der Waals surface area contributed by atoms with E-state index in [2.05, 4.69) is 36.1 Å². The highest BCUT2D eigenvalue weighted by Crippen LogP contribution is 2.08. The van der Waals surface area contributed by atoms with Crippen LogP contribution in [0.4, 0.5) is 0 Å². The maximum absolute atomic E-state index is 5.81. The van der Waals surface area contributed by atoms with Gasteiger partial charge in [0.15, 0.2) is 0 Å². The normalized spacial score (nSPS) is 11.1. The average Bonchev–Trinajstić information content (AvgIpc) is 2.37. The van der Waals surface area contributed by atoms with Crippen molar-refractivity contribution in [3.05, 3.63) is 35.4 Å². The molecule has 0 heterocycles. The molecule has 0 unspecified atom stereocenters. The van der Waals surface area contributed by atoms with Crippen LogP contribution < -0.4 is 0 Å². The van der Waals surface area contributed by atoms with Gasteiger partial charge < -0.3 is 4.74 Å². The molecule has 0 fully saturated rings. The van der Waals surface area contributed by atoms with Gasteiger partial charge in [0.25, 0.3) is 0 Å². The summed E-state index contributed by atoms with van der Waals surface area (Å²) < 4.78 is 5.11. The first-order chi connectivity index (χ1) is 8.30. The number of alkyl halides is 1. The SMILES string of the molecule is CCc1ccc(CN(CCCl)CCOC)cc1. The number of rotatable bonds is 8. The quantitative estimate of drug-likeness (QED) is 0.663. The number of nitrogens with zero attached hydrogens (tertiary/aromatic N) is 1. The second kappa shape index (κ2) is 8.51. The van der Waals surface area contributed by atoms with Gasteiger partial charge in [-0.3, -0.25) is 4.90 Å². The van der Waals surface area contributed by atoms with E-state index < -0.39 is 0 Å². The molecular weight excluding hydrogens is 234 g/mol. The van der Waals surface area contributed by atoms with Crippen molar-refractivity contribution in [3.63, 3.8) is 0 Å². The Bertz CT molecular complexity index is 300. The summed E-state index contributed by atoms with van der Waals surface area (Å²) in [4.78, 5) is 2.32. The number of aryl methyl sites for hydroxylation is 1. The van der Waals surface area contributed by atoms with E-state index in [0.717, 1.165) is 32.7 Å². The summed E-state index contributed by atoms with van der Waals surface area (Å²) in [5.41, 5.74) is 2.72. The van der Waals surface area contributed by atoms with Gasteiger partial charge >= 0.3 is 0 Å². The number of ether oxygens (including phenoxy) is 1. The van der Waals surface area contributed by atoms with Gasteiger partial charge in [0.2, 0.25) is 0 Å². The number of hydrogen-bond acceptors (Lipinski definition) is 2. The minimum atomic E-state index is 0.663. The van der Waals surface area contributed by atoms with E-state index in [1.54, 1.807) is 7.11 Å². The first kappa shape index (κ1) is 14.5. The summed E-state index contributed by atoms with van der Waals surface area (Å²) in [6.45, 7) is 5.70. The third kappa shape index (κ3) is 5.53. The van der Waals surface area contributed by atoms with Crippen LogP contribution in [0, 0.1) is 0 Å².